The maximum atomic E-state index is 5.52. The van der Waals surface area contributed by atoms with Gasteiger partial charge in [-0.3, -0.25) is 4.98 Å². The van der Waals surface area contributed by atoms with Crippen molar-refractivity contribution in [3.63, 3.8) is 0 Å². The van der Waals surface area contributed by atoms with Crippen LogP contribution >= 0.6 is 36.0 Å². The van der Waals surface area contributed by atoms with E-state index >= 15 is 0 Å². The molecule has 0 unspecified atom stereocenters. The molecule has 1 rings (SSSR count). The Labute approximate surface area is 105 Å². The Balaban J connectivity index is 2.68. The van der Waals surface area contributed by atoms with Crippen molar-refractivity contribution in [2.45, 2.75) is 13.5 Å². The molecule has 0 aliphatic heterocycles. The highest BCUT2D eigenvalue weighted by Crippen LogP contribution is 2.13. The third kappa shape index (κ3) is 4.89. The fourth-order valence-electron chi connectivity index (χ4n) is 1.05. The summed E-state index contributed by atoms with van der Waals surface area (Å²) in [4.78, 5) is 4.20. The van der Waals surface area contributed by atoms with E-state index in [4.69, 9.17) is 23.2 Å². The van der Waals surface area contributed by atoms with Crippen LogP contribution in [0.4, 0.5) is 0 Å². The summed E-state index contributed by atoms with van der Waals surface area (Å²) < 4.78 is 2.11. The van der Waals surface area contributed by atoms with Gasteiger partial charge in [0, 0.05) is 19.3 Å². The van der Waals surface area contributed by atoms with Gasteiger partial charge in [0.05, 0.1) is 5.69 Å². The summed E-state index contributed by atoms with van der Waals surface area (Å²) >= 11 is 15.3. The van der Waals surface area contributed by atoms with Gasteiger partial charge in [0.15, 0.2) is 0 Å². The molecule has 0 fully saturated rings. The largest absolute Gasteiger partial charge is 0.256 e. The molecule has 0 aliphatic carbocycles. The van der Waals surface area contributed by atoms with E-state index in [0.717, 1.165) is 24.3 Å². The molecule has 15 heavy (non-hydrogen) atoms. The second kappa shape index (κ2) is 6.38. The van der Waals surface area contributed by atoms with E-state index in [2.05, 4.69) is 17.8 Å². The monoisotopic (exact) mass is 262 g/mol. The van der Waals surface area contributed by atoms with Crippen molar-refractivity contribution in [1.82, 2.24) is 9.29 Å². The van der Waals surface area contributed by atoms with Crippen LogP contribution in [0.3, 0.4) is 0 Å². The van der Waals surface area contributed by atoms with E-state index in [0.29, 0.717) is 0 Å². The highest BCUT2D eigenvalue weighted by molar-refractivity contribution is 7.77. The van der Waals surface area contributed by atoms with Crippen LogP contribution in [0.2, 0.25) is 0 Å². The molecular weight excluding hydrogens is 251 g/mol. The van der Waals surface area contributed by atoms with Crippen molar-refractivity contribution in [3.05, 3.63) is 34.1 Å². The van der Waals surface area contributed by atoms with E-state index in [1.807, 2.05) is 23.4 Å². The molecule has 0 radical (unpaired) electrons. The predicted molar refractivity (Wildman–Crippen MR) is 69.0 cm³/mol. The topological polar surface area (TPSA) is 16.1 Å². The summed E-state index contributed by atoms with van der Waals surface area (Å²) in [5.41, 5.74) is 1.86. The average molecular weight is 263 g/mol. The zero-order chi connectivity index (χ0) is 11.3. The lowest BCUT2D eigenvalue weighted by Gasteiger charge is -2.11. The van der Waals surface area contributed by atoms with Crippen LogP contribution in [0.5, 0.6) is 0 Å². The first kappa shape index (κ1) is 12.8. The number of rotatable bonds is 4. The molecule has 0 saturated carbocycles. The molecular formula is C10H12Cl2N2S. The Morgan fingerprint density at radius 3 is 2.73 bits per heavy atom. The molecule has 0 bridgehead atoms. The van der Waals surface area contributed by atoms with Gasteiger partial charge in [-0.05, 0) is 17.7 Å². The number of hydrogen-bond donors (Lipinski definition) is 1. The predicted octanol–water partition coefficient (Wildman–Crippen LogP) is 3.52. The average Bonchev–Trinajstić information content (AvgIpc) is 2.20. The van der Waals surface area contributed by atoms with E-state index < -0.39 is 0 Å². The van der Waals surface area contributed by atoms with Gasteiger partial charge >= 0.3 is 0 Å². The van der Waals surface area contributed by atoms with E-state index in [9.17, 15) is 0 Å². The third-order valence-electron chi connectivity index (χ3n) is 1.83. The minimum absolute atomic E-state index is 0.208. The van der Waals surface area contributed by atoms with Gasteiger partial charge in [0.2, 0.25) is 0 Å². The number of thiol groups is 1. The standard InChI is InChI=1S/C10H12Cl2N2S/c1-2-14(15)7-8-3-4-9(13-6-8)5-10(11)12/h3-6,15H,2,7H2,1H3. The molecule has 1 heterocycles. The van der Waals surface area contributed by atoms with E-state index in [1.54, 1.807) is 12.3 Å². The lowest BCUT2D eigenvalue weighted by Crippen LogP contribution is -2.10. The lowest BCUT2D eigenvalue weighted by molar-refractivity contribution is 0.499. The lowest BCUT2D eigenvalue weighted by atomic mass is 10.2. The van der Waals surface area contributed by atoms with Gasteiger partial charge in [0.25, 0.3) is 0 Å². The first-order valence-electron chi connectivity index (χ1n) is 4.53. The zero-order valence-electron chi connectivity index (χ0n) is 8.32. The van der Waals surface area contributed by atoms with Crippen molar-refractivity contribution in [1.29, 1.82) is 0 Å². The molecule has 1 aromatic rings. The highest BCUT2D eigenvalue weighted by atomic mass is 35.5. The highest BCUT2D eigenvalue weighted by Gasteiger charge is 1.99. The van der Waals surface area contributed by atoms with Crippen LogP contribution in [0.15, 0.2) is 22.8 Å². The molecule has 82 valence electrons. The molecule has 0 amide bonds. The zero-order valence-corrected chi connectivity index (χ0v) is 10.7. The number of pyridine rings is 1. The molecule has 0 spiro atoms. The summed E-state index contributed by atoms with van der Waals surface area (Å²) in [7, 11) is 0. The Kier molecular flexibility index (Phi) is 5.47. The minimum Gasteiger partial charge on any atom is -0.256 e. The van der Waals surface area contributed by atoms with Crippen LogP contribution in [0.1, 0.15) is 18.2 Å². The van der Waals surface area contributed by atoms with Crippen LogP contribution in [-0.4, -0.2) is 15.8 Å². The molecule has 0 N–H and O–H groups in total. The summed E-state index contributed by atoms with van der Waals surface area (Å²) in [6.07, 6.45) is 3.40. The van der Waals surface area contributed by atoms with Gasteiger partial charge in [-0.2, -0.15) is 0 Å². The summed E-state index contributed by atoms with van der Waals surface area (Å²) in [5.74, 6) is 0. The number of hydrogen-bond acceptors (Lipinski definition) is 3. The smallest absolute Gasteiger partial charge is 0.108 e. The summed E-state index contributed by atoms with van der Waals surface area (Å²) in [5, 5.41) is 0. The molecule has 0 aliphatic rings. The van der Waals surface area contributed by atoms with Gasteiger partial charge in [-0.25, -0.2) is 4.31 Å². The Hall–Kier alpha value is -0.220. The molecule has 2 nitrogen and oxygen atoms in total. The maximum Gasteiger partial charge on any atom is 0.108 e. The van der Waals surface area contributed by atoms with Crippen molar-refractivity contribution in [2.75, 3.05) is 6.54 Å². The first-order chi connectivity index (χ1) is 7.11. The Morgan fingerprint density at radius 1 is 1.53 bits per heavy atom. The summed E-state index contributed by atoms with van der Waals surface area (Å²) in [6, 6.07) is 3.85. The quantitative estimate of drug-likeness (QED) is 0.836. The van der Waals surface area contributed by atoms with Gasteiger partial charge in [-0.15, -0.1) is 0 Å². The van der Waals surface area contributed by atoms with Crippen molar-refractivity contribution in [2.24, 2.45) is 0 Å². The maximum absolute atomic E-state index is 5.52. The SMILES string of the molecule is CCN(S)Cc1ccc(C=C(Cl)Cl)nc1. The van der Waals surface area contributed by atoms with Gasteiger partial charge < -0.3 is 0 Å². The van der Waals surface area contributed by atoms with Gasteiger partial charge in [-0.1, -0.05) is 49.0 Å². The van der Waals surface area contributed by atoms with E-state index in [-0.39, 0.29) is 4.49 Å². The number of aromatic nitrogens is 1. The Bertz CT molecular complexity index is 334. The van der Waals surface area contributed by atoms with Gasteiger partial charge in [0.1, 0.15) is 4.49 Å². The second-order valence-corrected chi connectivity index (χ2v) is 4.58. The normalized spacial score (nSPS) is 10.5. The molecule has 0 saturated heterocycles. The van der Waals surface area contributed by atoms with Crippen molar-refractivity contribution in [3.8, 4) is 0 Å². The first-order valence-corrected chi connectivity index (χ1v) is 5.69. The van der Waals surface area contributed by atoms with Crippen molar-refractivity contribution >= 4 is 42.1 Å². The van der Waals surface area contributed by atoms with E-state index in [1.165, 1.54) is 0 Å². The van der Waals surface area contributed by atoms with Crippen LogP contribution in [0.25, 0.3) is 6.08 Å². The minimum atomic E-state index is 0.208. The fraction of sp³-hybridized carbons (Fsp3) is 0.300. The second-order valence-electron chi connectivity index (χ2n) is 3.01. The number of halogens is 2. The van der Waals surface area contributed by atoms with Crippen LogP contribution < -0.4 is 0 Å². The number of nitrogens with zero attached hydrogens (tertiary/aromatic N) is 2. The molecule has 5 heteroatoms. The van der Waals surface area contributed by atoms with Crippen molar-refractivity contribution < 1.29 is 0 Å². The van der Waals surface area contributed by atoms with Crippen LogP contribution in [0, 0.1) is 0 Å². The Morgan fingerprint density at radius 2 is 2.27 bits per heavy atom. The molecule has 0 aromatic carbocycles. The fourth-order valence-corrected chi connectivity index (χ4v) is 1.44. The summed E-state index contributed by atoms with van der Waals surface area (Å²) in [6.45, 7) is 3.70. The molecule has 1 aromatic heterocycles. The molecule has 0 atom stereocenters. The van der Waals surface area contributed by atoms with Crippen LogP contribution in [-0.2, 0) is 6.54 Å². The third-order valence-corrected chi connectivity index (χ3v) is 2.48.